The normalized spacial score (nSPS) is 38.3. The van der Waals surface area contributed by atoms with Crippen LogP contribution in [0.4, 0.5) is 0 Å². The molecule has 0 aromatic carbocycles. The molecular formula is C35H63N3O20. The molecule has 2 amide bonds. The van der Waals surface area contributed by atoms with Crippen LogP contribution in [0.25, 0.3) is 0 Å². The van der Waals surface area contributed by atoms with E-state index >= 15 is 0 Å². The number of nitrogens with zero attached hydrogens (tertiary/aromatic N) is 2. The number of hydrogen-bond donors (Lipinski definition) is 13. The minimum atomic E-state index is -1.68. The second-order valence-electron chi connectivity index (χ2n) is 15.4. The number of nitrogens with one attached hydrogen (secondary N) is 1. The van der Waals surface area contributed by atoms with Gasteiger partial charge in [-0.15, -0.1) is 0 Å². The second-order valence-corrected chi connectivity index (χ2v) is 15.4. The van der Waals surface area contributed by atoms with Crippen LogP contribution < -0.4 is 5.32 Å². The number of ether oxygens (including phenoxy) is 6. The van der Waals surface area contributed by atoms with Crippen molar-refractivity contribution in [3.63, 3.8) is 0 Å². The van der Waals surface area contributed by atoms with E-state index in [1.165, 1.54) is 4.90 Å². The molecule has 0 aliphatic carbocycles. The molecule has 13 N–H and O–H groups in total. The monoisotopic (exact) mass is 845 g/mol. The molecule has 58 heavy (non-hydrogen) atoms. The molecular weight excluding hydrogens is 782 g/mol. The lowest BCUT2D eigenvalue weighted by molar-refractivity contribution is -0.303. The minimum absolute atomic E-state index is 0.000560. The standard InChI is InChI=1S/C35H63N3O20/c1-37-7-4-35(5-8-37,14-21(42)36-6-11-53-32-29(50)26(47)23(44)18(15-39)56-32)3-2-22(43)38(9-12-54-33-30(51)27(48)24(45)19(16-40)57-33)10-13-55-34-31(52)28(49)25(46)20(17-41)58-34/h18-20,23-34,39-41,44-52H,2-17H2,1H3,(H,36,42)/t18-,19-,20-,23-,24-,25-,26+,27+,28+,29+,30+,31+,32+,33+,34+/m1/s1. The average molecular weight is 846 g/mol. The SMILES string of the molecule is CN1CCC(CCC(=O)N(CCO[C@H]2O[C@H](CO)[C@@H](O)[C@H](O)[C@@H]2O)CCO[C@H]2O[C@H](CO)[C@@H](O)[C@H](O)[C@@H]2O)(CC(=O)NCCO[C@H]2O[C@H](CO)[C@@H](O)[C@H](O)[C@@H]2O)CC1. The third-order valence-electron chi connectivity index (χ3n) is 11.3. The summed E-state index contributed by atoms with van der Waals surface area (Å²) in [6, 6.07) is 0. The summed E-state index contributed by atoms with van der Waals surface area (Å²) in [6.45, 7) is -1.51. The van der Waals surface area contributed by atoms with Gasteiger partial charge in [0.05, 0.1) is 39.6 Å². The topological polar surface area (TPSA) is 351 Å². The van der Waals surface area contributed by atoms with Gasteiger partial charge in [-0.25, -0.2) is 0 Å². The van der Waals surface area contributed by atoms with Crippen molar-refractivity contribution < 1.29 is 99.3 Å². The summed E-state index contributed by atoms with van der Waals surface area (Å²) in [5, 5.41) is 123. The highest BCUT2D eigenvalue weighted by Crippen LogP contribution is 2.39. The summed E-state index contributed by atoms with van der Waals surface area (Å²) in [6.07, 6.45) is -21.0. The quantitative estimate of drug-likeness (QED) is 0.0506. The Balaban J connectivity index is 1.35. The van der Waals surface area contributed by atoms with Crippen LogP contribution in [0.15, 0.2) is 0 Å². The van der Waals surface area contributed by atoms with Crippen molar-refractivity contribution in [2.24, 2.45) is 5.41 Å². The Hall–Kier alpha value is -1.82. The molecule has 338 valence electrons. The molecule has 0 radical (unpaired) electrons. The Bertz CT molecular complexity index is 1200. The average Bonchev–Trinajstić information content (AvgIpc) is 3.21. The fraction of sp³-hybridized carbons (Fsp3) is 0.943. The molecule has 0 aromatic heterocycles. The minimum Gasteiger partial charge on any atom is -0.394 e. The molecule has 4 aliphatic rings. The lowest BCUT2D eigenvalue weighted by Crippen LogP contribution is -2.59. The zero-order valence-corrected chi connectivity index (χ0v) is 32.5. The third-order valence-corrected chi connectivity index (χ3v) is 11.3. The molecule has 0 aromatic rings. The summed E-state index contributed by atoms with van der Waals surface area (Å²) in [4.78, 5) is 30.6. The first kappa shape index (κ1) is 48.8. The van der Waals surface area contributed by atoms with Crippen LogP contribution in [0.2, 0.25) is 0 Å². The maximum absolute atomic E-state index is 13.9. The first-order chi connectivity index (χ1) is 27.6. The van der Waals surface area contributed by atoms with Crippen molar-refractivity contribution in [2.45, 2.75) is 124 Å². The molecule has 4 saturated heterocycles. The number of piperidine rings is 1. The van der Waals surface area contributed by atoms with E-state index in [0.29, 0.717) is 32.4 Å². The fourth-order valence-electron chi connectivity index (χ4n) is 7.44. The van der Waals surface area contributed by atoms with Gasteiger partial charge in [-0.05, 0) is 44.8 Å². The van der Waals surface area contributed by atoms with E-state index in [-0.39, 0.29) is 64.1 Å². The molecule has 4 aliphatic heterocycles. The van der Waals surface area contributed by atoms with Gasteiger partial charge in [0.2, 0.25) is 11.8 Å². The van der Waals surface area contributed by atoms with Gasteiger partial charge in [0, 0.05) is 32.5 Å². The third kappa shape index (κ3) is 12.6. The predicted octanol–water partition coefficient (Wildman–Crippen LogP) is -7.74. The Morgan fingerprint density at radius 3 is 1.43 bits per heavy atom. The Morgan fingerprint density at radius 2 is 1.03 bits per heavy atom. The second kappa shape index (κ2) is 22.9. The van der Waals surface area contributed by atoms with Gasteiger partial charge < -0.3 is 105 Å². The summed E-state index contributed by atoms with van der Waals surface area (Å²) < 4.78 is 32.8. The molecule has 4 fully saturated rings. The van der Waals surface area contributed by atoms with E-state index in [0.717, 1.165) is 0 Å². The van der Waals surface area contributed by atoms with Crippen molar-refractivity contribution >= 4 is 11.8 Å². The summed E-state index contributed by atoms with van der Waals surface area (Å²) in [7, 11) is 1.94. The van der Waals surface area contributed by atoms with Crippen molar-refractivity contribution in [3.8, 4) is 0 Å². The number of aliphatic hydroxyl groups excluding tert-OH is 12. The highest BCUT2D eigenvalue weighted by Gasteiger charge is 2.46. The van der Waals surface area contributed by atoms with Gasteiger partial charge in [-0.3, -0.25) is 9.59 Å². The Morgan fingerprint density at radius 1 is 0.638 bits per heavy atom. The molecule has 15 atom stereocenters. The van der Waals surface area contributed by atoms with Crippen LogP contribution in [0.3, 0.4) is 0 Å². The van der Waals surface area contributed by atoms with Crippen LogP contribution in [0.1, 0.15) is 32.1 Å². The highest BCUT2D eigenvalue weighted by atomic mass is 16.7. The maximum atomic E-state index is 13.9. The van der Waals surface area contributed by atoms with E-state index < -0.39 is 117 Å². The Kier molecular flexibility index (Phi) is 19.2. The molecule has 4 rings (SSSR count). The van der Waals surface area contributed by atoms with Crippen molar-refractivity contribution in [1.82, 2.24) is 15.1 Å². The van der Waals surface area contributed by atoms with Gasteiger partial charge in [-0.1, -0.05) is 0 Å². The summed E-state index contributed by atoms with van der Waals surface area (Å²) in [5.41, 5.74) is -0.588. The molecule has 0 bridgehead atoms. The molecule has 23 heteroatoms. The summed E-state index contributed by atoms with van der Waals surface area (Å²) >= 11 is 0. The number of hydrogen-bond acceptors (Lipinski definition) is 21. The van der Waals surface area contributed by atoms with Gasteiger partial charge in [-0.2, -0.15) is 0 Å². The zero-order valence-electron chi connectivity index (χ0n) is 32.5. The van der Waals surface area contributed by atoms with E-state index in [9.17, 15) is 70.9 Å². The molecule has 0 saturated carbocycles. The predicted molar refractivity (Wildman–Crippen MR) is 192 cm³/mol. The number of amides is 2. The molecule has 4 heterocycles. The first-order valence-electron chi connectivity index (χ1n) is 19.6. The van der Waals surface area contributed by atoms with Gasteiger partial charge >= 0.3 is 0 Å². The van der Waals surface area contributed by atoms with Gasteiger partial charge in [0.25, 0.3) is 0 Å². The van der Waals surface area contributed by atoms with Crippen molar-refractivity contribution in [1.29, 1.82) is 0 Å². The fourth-order valence-corrected chi connectivity index (χ4v) is 7.44. The summed E-state index contributed by atoms with van der Waals surface area (Å²) in [5.74, 6) is -0.714. The van der Waals surface area contributed by atoms with Crippen LogP contribution in [0, 0.1) is 5.41 Å². The van der Waals surface area contributed by atoms with E-state index in [1.54, 1.807) is 0 Å². The largest absolute Gasteiger partial charge is 0.394 e. The maximum Gasteiger partial charge on any atom is 0.222 e. The van der Waals surface area contributed by atoms with Crippen molar-refractivity contribution in [3.05, 3.63) is 0 Å². The number of carbonyl (C=O) groups is 2. The van der Waals surface area contributed by atoms with Crippen LogP contribution >= 0.6 is 0 Å². The number of carbonyl (C=O) groups excluding carboxylic acids is 2. The molecule has 23 nitrogen and oxygen atoms in total. The number of rotatable bonds is 20. The Labute approximate surface area is 335 Å². The van der Waals surface area contributed by atoms with Gasteiger partial charge in [0.1, 0.15) is 73.2 Å². The van der Waals surface area contributed by atoms with E-state index in [4.69, 9.17) is 28.4 Å². The molecule has 0 unspecified atom stereocenters. The molecule has 0 spiro atoms. The lowest BCUT2D eigenvalue weighted by atomic mass is 9.72. The first-order valence-corrected chi connectivity index (χ1v) is 19.6. The number of likely N-dealkylation sites (tertiary alicyclic amines) is 1. The highest BCUT2D eigenvalue weighted by molar-refractivity contribution is 5.78. The van der Waals surface area contributed by atoms with Crippen LogP contribution in [-0.4, -0.2) is 254 Å². The smallest absolute Gasteiger partial charge is 0.222 e. The van der Waals surface area contributed by atoms with E-state index in [1.807, 2.05) is 7.05 Å². The number of aliphatic hydroxyl groups is 12. The van der Waals surface area contributed by atoms with Crippen LogP contribution in [-0.2, 0) is 38.0 Å². The van der Waals surface area contributed by atoms with Crippen LogP contribution in [0.5, 0.6) is 0 Å². The lowest BCUT2D eigenvalue weighted by Gasteiger charge is -2.41. The van der Waals surface area contributed by atoms with E-state index in [2.05, 4.69) is 10.2 Å². The van der Waals surface area contributed by atoms with Gasteiger partial charge in [0.15, 0.2) is 18.9 Å². The zero-order chi connectivity index (χ0) is 42.7. The van der Waals surface area contributed by atoms with Crippen molar-refractivity contribution in [2.75, 3.05) is 79.4 Å².